The molecule has 2 atom stereocenters. The lowest BCUT2D eigenvalue weighted by Crippen LogP contribution is -2.43. The fourth-order valence-corrected chi connectivity index (χ4v) is 5.48. The molecule has 9 nitrogen and oxygen atoms in total. The first-order chi connectivity index (χ1) is 18.3. The molecule has 4 fully saturated rings. The Morgan fingerprint density at radius 3 is 1.54 bits per heavy atom. The quantitative estimate of drug-likeness (QED) is 0.555. The molecule has 9 heteroatoms. The average molecular weight is 511 g/mol. The molecule has 2 aromatic rings. The second kappa shape index (κ2) is 12.0. The molecule has 2 unspecified atom stereocenters. The number of rotatable bonds is 8. The smallest absolute Gasteiger partial charge is 0.147 e. The molecular formula is C28H38N4O5. The Hall–Kier alpha value is -2.40. The fourth-order valence-electron chi connectivity index (χ4n) is 5.48. The number of ether oxygens (including phenoxy) is 5. The van der Waals surface area contributed by atoms with Crippen molar-refractivity contribution in [2.45, 2.75) is 25.0 Å². The van der Waals surface area contributed by atoms with Crippen molar-refractivity contribution >= 4 is 11.4 Å². The zero-order valence-electron chi connectivity index (χ0n) is 21.5. The number of piperazine rings is 2. The Labute approximate surface area is 218 Å². The second-order valence-electron chi connectivity index (χ2n) is 10.1. The first-order valence-electron chi connectivity index (χ1n) is 13.6. The molecule has 0 aromatic heterocycles. The third-order valence-corrected chi connectivity index (χ3v) is 7.55. The summed E-state index contributed by atoms with van der Waals surface area (Å²) in [5, 5.41) is 6.87. The normalized spacial score (nSPS) is 24.5. The van der Waals surface area contributed by atoms with Crippen LogP contribution in [0.5, 0.6) is 11.5 Å². The Bertz CT molecular complexity index is 948. The molecule has 2 N–H and O–H groups in total. The van der Waals surface area contributed by atoms with E-state index in [1.807, 2.05) is 0 Å². The molecule has 0 bridgehead atoms. The predicted molar refractivity (Wildman–Crippen MR) is 142 cm³/mol. The van der Waals surface area contributed by atoms with Gasteiger partial charge in [0.25, 0.3) is 0 Å². The van der Waals surface area contributed by atoms with Gasteiger partial charge in [0, 0.05) is 76.6 Å². The van der Waals surface area contributed by atoms with Gasteiger partial charge in [-0.15, -0.1) is 0 Å². The number of anilines is 2. The minimum atomic E-state index is 0.0409. The largest absolute Gasteiger partial charge is 0.457 e. The van der Waals surface area contributed by atoms with Gasteiger partial charge < -0.3 is 44.1 Å². The summed E-state index contributed by atoms with van der Waals surface area (Å²) in [6.07, 6.45) is 1.59. The summed E-state index contributed by atoms with van der Waals surface area (Å²) in [4.78, 5) is 4.86. The minimum absolute atomic E-state index is 0.0409. The van der Waals surface area contributed by atoms with Crippen molar-refractivity contribution in [1.82, 2.24) is 10.6 Å². The van der Waals surface area contributed by atoms with Crippen LogP contribution in [0.25, 0.3) is 0 Å². The van der Waals surface area contributed by atoms with Crippen LogP contribution < -0.4 is 25.2 Å². The Morgan fingerprint density at radius 2 is 1.14 bits per heavy atom. The van der Waals surface area contributed by atoms with Crippen LogP contribution in [0.15, 0.2) is 36.4 Å². The van der Waals surface area contributed by atoms with Gasteiger partial charge in [-0.3, -0.25) is 0 Å². The molecule has 0 radical (unpaired) electrons. The van der Waals surface area contributed by atoms with Crippen molar-refractivity contribution in [2.24, 2.45) is 0 Å². The highest BCUT2D eigenvalue weighted by Crippen LogP contribution is 2.35. The molecule has 0 amide bonds. The number of nitrogens with zero attached hydrogens (tertiary/aromatic N) is 2. The summed E-state index contributed by atoms with van der Waals surface area (Å²) in [6, 6.07) is 13.1. The van der Waals surface area contributed by atoms with E-state index in [9.17, 15) is 0 Å². The Kier molecular flexibility index (Phi) is 8.06. The van der Waals surface area contributed by atoms with E-state index in [0.717, 1.165) is 87.8 Å². The summed E-state index contributed by atoms with van der Waals surface area (Å²) in [6.45, 7) is 9.97. The molecule has 4 aliphatic rings. The van der Waals surface area contributed by atoms with Crippen LogP contribution >= 0.6 is 0 Å². The first kappa shape index (κ1) is 24.9. The van der Waals surface area contributed by atoms with E-state index in [1.165, 1.54) is 11.4 Å². The van der Waals surface area contributed by atoms with Crippen LogP contribution in [0.3, 0.4) is 0 Å². The van der Waals surface area contributed by atoms with Gasteiger partial charge >= 0.3 is 0 Å². The maximum Gasteiger partial charge on any atom is 0.147 e. The van der Waals surface area contributed by atoms with Crippen molar-refractivity contribution in [3.63, 3.8) is 0 Å². The van der Waals surface area contributed by atoms with Crippen molar-refractivity contribution in [1.29, 1.82) is 0 Å². The number of benzene rings is 2. The van der Waals surface area contributed by atoms with Crippen molar-refractivity contribution in [3.05, 3.63) is 47.5 Å². The van der Waals surface area contributed by atoms with E-state index in [1.54, 1.807) is 0 Å². The van der Waals surface area contributed by atoms with Gasteiger partial charge in [0.1, 0.15) is 25.1 Å². The van der Waals surface area contributed by atoms with Gasteiger partial charge in [-0.25, -0.2) is 0 Å². The van der Waals surface area contributed by atoms with Gasteiger partial charge in [0.2, 0.25) is 0 Å². The maximum atomic E-state index is 6.69. The highest BCUT2D eigenvalue weighted by molar-refractivity contribution is 5.57. The van der Waals surface area contributed by atoms with Gasteiger partial charge in [-0.2, -0.15) is 0 Å². The molecule has 4 saturated heterocycles. The number of nitrogens with one attached hydrogen (secondary N) is 2. The maximum absolute atomic E-state index is 6.69. The van der Waals surface area contributed by atoms with Crippen LogP contribution in [0.4, 0.5) is 11.4 Å². The molecule has 2 aromatic carbocycles. The molecule has 0 saturated carbocycles. The zero-order valence-corrected chi connectivity index (χ0v) is 21.5. The Morgan fingerprint density at radius 1 is 0.676 bits per heavy atom. The number of hydrogen-bond donors (Lipinski definition) is 2. The van der Waals surface area contributed by atoms with E-state index in [2.05, 4.69) is 56.8 Å². The summed E-state index contributed by atoms with van der Waals surface area (Å²) < 4.78 is 29.3. The van der Waals surface area contributed by atoms with E-state index in [-0.39, 0.29) is 12.2 Å². The standard InChI is InChI=1S/C28H38N4O5/c1-3-27(21(15-25-17-33-19-35-25)13-23(1)31-9-5-29-6-10-31)37-28-4-2-24(32-11-7-30-8-12-32)14-22(28)16-26-18-34-20-36-26/h1-4,13-14,25-26,29-30H,5-12,15-20H2. The average Bonchev–Trinajstić information content (AvgIpc) is 3.66. The Balaban J connectivity index is 1.28. The number of hydrogen-bond acceptors (Lipinski definition) is 9. The second-order valence-corrected chi connectivity index (χ2v) is 10.1. The lowest BCUT2D eigenvalue weighted by atomic mass is 10.0. The summed E-state index contributed by atoms with van der Waals surface area (Å²) >= 11 is 0. The molecule has 6 rings (SSSR count). The third kappa shape index (κ3) is 6.19. The van der Waals surface area contributed by atoms with E-state index in [0.29, 0.717) is 26.8 Å². The summed E-state index contributed by atoms with van der Waals surface area (Å²) in [5.41, 5.74) is 4.75. The van der Waals surface area contributed by atoms with Gasteiger partial charge in [-0.05, 0) is 47.5 Å². The monoisotopic (exact) mass is 510 g/mol. The molecule has 4 aliphatic heterocycles. The highest BCUT2D eigenvalue weighted by atomic mass is 16.7. The molecule has 200 valence electrons. The zero-order chi connectivity index (χ0) is 24.9. The van der Waals surface area contributed by atoms with Gasteiger partial charge in [0.05, 0.1) is 25.4 Å². The third-order valence-electron chi connectivity index (χ3n) is 7.55. The van der Waals surface area contributed by atoms with Crippen molar-refractivity contribution in [3.8, 4) is 11.5 Å². The molecule has 0 spiro atoms. The topological polar surface area (TPSA) is 76.7 Å². The fraction of sp³-hybridized carbons (Fsp3) is 0.571. The lowest BCUT2D eigenvalue weighted by Gasteiger charge is -2.31. The predicted octanol–water partition coefficient (Wildman–Crippen LogP) is 2.13. The van der Waals surface area contributed by atoms with Gasteiger partial charge in [0.15, 0.2) is 0 Å². The van der Waals surface area contributed by atoms with Crippen molar-refractivity contribution < 1.29 is 23.7 Å². The highest BCUT2D eigenvalue weighted by Gasteiger charge is 2.24. The van der Waals surface area contributed by atoms with Crippen LogP contribution in [0.2, 0.25) is 0 Å². The molecule has 0 aliphatic carbocycles. The van der Waals surface area contributed by atoms with Gasteiger partial charge in [-0.1, -0.05) is 0 Å². The van der Waals surface area contributed by atoms with E-state index in [4.69, 9.17) is 23.7 Å². The molecular weight excluding hydrogens is 472 g/mol. The lowest BCUT2D eigenvalue weighted by molar-refractivity contribution is 0.0468. The summed E-state index contributed by atoms with van der Waals surface area (Å²) in [7, 11) is 0. The molecule has 4 heterocycles. The van der Waals surface area contributed by atoms with Crippen LogP contribution in [-0.2, 0) is 31.8 Å². The minimum Gasteiger partial charge on any atom is -0.457 e. The van der Waals surface area contributed by atoms with E-state index >= 15 is 0 Å². The molecule has 37 heavy (non-hydrogen) atoms. The van der Waals surface area contributed by atoms with Crippen molar-refractivity contribution in [2.75, 3.05) is 89.0 Å². The van der Waals surface area contributed by atoms with Crippen LogP contribution in [0, 0.1) is 0 Å². The first-order valence-corrected chi connectivity index (χ1v) is 13.6. The van der Waals surface area contributed by atoms with Crippen LogP contribution in [0.1, 0.15) is 11.1 Å². The van der Waals surface area contributed by atoms with Crippen LogP contribution in [-0.4, -0.2) is 91.4 Å². The SMILES string of the molecule is c1cc(Oc2ccc(N3CCNCC3)cc2CC2COCO2)c(CC2COCO2)cc1N1CCNCC1. The summed E-state index contributed by atoms with van der Waals surface area (Å²) in [5.74, 6) is 1.74. The van der Waals surface area contributed by atoms with E-state index < -0.39 is 0 Å².